The summed E-state index contributed by atoms with van der Waals surface area (Å²) in [5, 5.41) is 9.80. The number of nitrogen functional groups attached to an aromatic ring is 1. The summed E-state index contributed by atoms with van der Waals surface area (Å²) >= 11 is 0. The van der Waals surface area contributed by atoms with Gasteiger partial charge in [-0.2, -0.15) is 18.2 Å². The van der Waals surface area contributed by atoms with Crippen LogP contribution in [0.25, 0.3) is 0 Å². The first-order valence-electron chi connectivity index (χ1n) is 8.43. The Kier molecular flexibility index (Phi) is 4.95. The van der Waals surface area contributed by atoms with Crippen molar-refractivity contribution in [2.75, 3.05) is 23.7 Å². The van der Waals surface area contributed by atoms with E-state index in [1.165, 1.54) is 24.4 Å². The van der Waals surface area contributed by atoms with Gasteiger partial charge in [-0.3, -0.25) is 4.79 Å². The van der Waals surface area contributed by atoms with Crippen molar-refractivity contribution < 1.29 is 23.1 Å². The van der Waals surface area contributed by atoms with E-state index in [1.807, 2.05) is 4.90 Å². The number of aliphatic carboxylic acids is 1. The molecule has 3 rings (SSSR count). The standard InChI is InChI=1S/C18H19F3N4O2/c19-18(20,21)13-4-2-1-3-12(13)11-17(15(26)27)6-9-25(10-7-17)14-5-8-23-16(22)24-14/h1-5,8H,6-7,9-11H2,(H,26,27)(H2,22,23,24). The Morgan fingerprint density at radius 1 is 1.22 bits per heavy atom. The van der Waals surface area contributed by atoms with E-state index in [0.717, 1.165) is 6.07 Å². The Labute approximate surface area is 153 Å². The zero-order valence-electron chi connectivity index (χ0n) is 14.4. The first-order valence-corrected chi connectivity index (χ1v) is 8.43. The molecule has 144 valence electrons. The van der Waals surface area contributed by atoms with Crippen LogP contribution < -0.4 is 10.6 Å². The average molecular weight is 380 g/mol. The summed E-state index contributed by atoms with van der Waals surface area (Å²) in [5.74, 6) is -0.389. The van der Waals surface area contributed by atoms with Gasteiger partial charge in [0.05, 0.1) is 11.0 Å². The summed E-state index contributed by atoms with van der Waals surface area (Å²) in [7, 11) is 0. The van der Waals surface area contributed by atoms with E-state index in [0.29, 0.717) is 18.9 Å². The third-order valence-electron chi connectivity index (χ3n) is 5.01. The second-order valence-corrected chi connectivity index (χ2v) is 6.68. The van der Waals surface area contributed by atoms with Gasteiger partial charge in [0.1, 0.15) is 5.82 Å². The zero-order valence-corrected chi connectivity index (χ0v) is 14.4. The number of benzene rings is 1. The number of carbonyl (C=O) groups is 1. The molecule has 0 unspecified atom stereocenters. The highest BCUT2D eigenvalue weighted by Crippen LogP contribution is 2.40. The van der Waals surface area contributed by atoms with Crippen LogP contribution in [-0.4, -0.2) is 34.1 Å². The summed E-state index contributed by atoms with van der Waals surface area (Å²) in [5.41, 5.74) is 3.55. The molecule has 0 aliphatic carbocycles. The van der Waals surface area contributed by atoms with Gasteiger partial charge < -0.3 is 15.7 Å². The van der Waals surface area contributed by atoms with Crippen LogP contribution in [0.1, 0.15) is 24.0 Å². The van der Waals surface area contributed by atoms with Crippen molar-refractivity contribution in [3.05, 3.63) is 47.7 Å². The molecule has 1 saturated heterocycles. The first-order chi connectivity index (χ1) is 12.7. The molecule has 3 N–H and O–H groups in total. The molecule has 0 atom stereocenters. The monoisotopic (exact) mass is 380 g/mol. The predicted octanol–water partition coefficient (Wildman–Crippen LogP) is 2.99. The molecule has 27 heavy (non-hydrogen) atoms. The molecule has 9 heteroatoms. The molecule has 1 aliphatic rings. The summed E-state index contributed by atoms with van der Waals surface area (Å²) in [4.78, 5) is 21.8. The smallest absolute Gasteiger partial charge is 0.416 e. The number of anilines is 2. The Hall–Kier alpha value is -2.84. The molecular formula is C18H19F3N4O2. The largest absolute Gasteiger partial charge is 0.481 e. The fourth-order valence-corrected chi connectivity index (χ4v) is 3.49. The maximum Gasteiger partial charge on any atom is 0.416 e. The minimum Gasteiger partial charge on any atom is -0.481 e. The van der Waals surface area contributed by atoms with E-state index in [9.17, 15) is 23.1 Å². The van der Waals surface area contributed by atoms with Crippen molar-refractivity contribution in [3.63, 3.8) is 0 Å². The van der Waals surface area contributed by atoms with Gasteiger partial charge in [-0.05, 0) is 37.0 Å². The third kappa shape index (κ3) is 3.96. The summed E-state index contributed by atoms with van der Waals surface area (Å²) in [6, 6.07) is 6.82. The Bertz CT molecular complexity index is 833. The second kappa shape index (κ2) is 7.05. The summed E-state index contributed by atoms with van der Waals surface area (Å²) in [6.45, 7) is 0.716. The minimum absolute atomic E-state index is 0.00660. The summed E-state index contributed by atoms with van der Waals surface area (Å²) in [6.07, 6.45) is -2.76. The van der Waals surface area contributed by atoms with Crippen LogP contribution >= 0.6 is 0 Å². The van der Waals surface area contributed by atoms with E-state index in [4.69, 9.17) is 5.73 Å². The van der Waals surface area contributed by atoms with Crippen LogP contribution in [0, 0.1) is 5.41 Å². The van der Waals surface area contributed by atoms with Crippen molar-refractivity contribution in [3.8, 4) is 0 Å². The van der Waals surface area contributed by atoms with Gasteiger partial charge >= 0.3 is 12.1 Å². The highest BCUT2D eigenvalue weighted by molar-refractivity contribution is 5.75. The highest BCUT2D eigenvalue weighted by Gasteiger charge is 2.44. The number of hydrogen-bond acceptors (Lipinski definition) is 5. The van der Waals surface area contributed by atoms with Crippen molar-refractivity contribution in [1.29, 1.82) is 0 Å². The number of aromatic nitrogens is 2. The first kappa shape index (κ1) is 18.9. The molecule has 0 bridgehead atoms. The molecule has 0 radical (unpaired) electrons. The Morgan fingerprint density at radius 2 is 1.89 bits per heavy atom. The predicted molar refractivity (Wildman–Crippen MR) is 93.1 cm³/mol. The lowest BCUT2D eigenvalue weighted by Crippen LogP contribution is -2.46. The lowest BCUT2D eigenvalue weighted by molar-refractivity contribution is -0.151. The minimum atomic E-state index is -4.52. The molecule has 1 aromatic carbocycles. The number of piperidine rings is 1. The van der Waals surface area contributed by atoms with Crippen LogP contribution in [0.4, 0.5) is 24.9 Å². The van der Waals surface area contributed by atoms with Gasteiger partial charge in [-0.25, -0.2) is 4.98 Å². The van der Waals surface area contributed by atoms with Gasteiger partial charge in [0.25, 0.3) is 0 Å². The van der Waals surface area contributed by atoms with Crippen LogP contribution in [0.15, 0.2) is 36.5 Å². The quantitative estimate of drug-likeness (QED) is 0.847. The number of rotatable bonds is 4. The topological polar surface area (TPSA) is 92.3 Å². The molecule has 0 amide bonds. The molecule has 0 saturated carbocycles. The van der Waals surface area contributed by atoms with Crippen molar-refractivity contribution in [2.45, 2.75) is 25.4 Å². The van der Waals surface area contributed by atoms with E-state index < -0.39 is 23.1 Å². The van der Waals surface area contributed by atoms with Crippen LogP contribution in [0.2, 0.25) is 0 Å². The molecular weight excluding hydrogens is 361 g/mol. The van der Waals surface area contributed by atoms with Crippen LogP contribution in [0.3, 0.4) is 0 Å². The number of carboxylic acids is 1. The van der Waals surface area contributed by atoms with Gasteiger partial charge in [-0.1, -0.05) is 18.2 Å². The number of nitrogens with two attached hydrogens (primary N) is 1. The molecule has 1 aliphatic heterocycles. The Morgan fingerprint density at radius 3 is 2.48 bits per heavy atom. The van der Waals surface area contributed by atoms with E-state index >= 15 is 0 Å². The normalized spacial score (nSPS) is 16.9. The van der Waals surface area contributed by atoms with Crippen LogP contribution in [-0.2, 0) is 17.4 Å². The fourth-order valence-electron chi connectivity index (χ4n) is 3.49. The third-order valence-corrected chi connectivity index (χ3v) is 5.01. The zero-order chi connectivity index (χ0) is 19.7. The van der Waals surface area contributed by atoms with Gasteiger partial charge in [0.2, 0.25) is 5.95 Å². The van der Waals surface area contributed by atoms with Gasteiger partial charge in [0.15, 0.2) is 0 Å². The van der Waals surface area contributed by atoms with E-state index in [2.05, 4.69) is 9.97 Å². The number of carboxylic acid groups (broad SMARTS) is 1. The number of alkyl halides is 3. The Balaban J connectivity index is 1.83. The molecule has 2 heterocycles. The van der Waals surface area contributed by atoms with Crippen molar-refractivity contribution in [1.82, 2.24) is 9.97 Å². The summed E-state index contributed by atoms with van der Waals surface area (Å²) < 4.78 is 39.8. The lowest BCUT2D eigenvalue weighted by atomic mass is 9.73. The molecule has 1 aromatic heterocycles. The SMILES string of the molecule is Nc1nccc(N2CCC(Cc3ccccc3C(F)(F)F)(C(=O)O)CC2)n1. The van der Waals surface area contributed by atoms with E-state index in [-0.39, 0.29) is 30.8 Å². The maximum atomic E-state index is 13.3. The van der Waals surface area contributed by atoms with Crippen molar-refractivity contribution >= 4 is 17.7 Å². The molecule has 1 fully saturated rings. The number of halogens is 3. The fraction of sp³-hybridized carbons (Fsp3) is 0.389. The molecule has 6 nitrogen and oxygen atoms in total. The maximum absolute atomic E-state index is 13.3. The highest BCUT2D eigenvalue weighted by atomic mass is 19.4. The molecule has 0 spiro atoms. The van der Waals surface area contributed by atoms with Gasteiger partial charge in [-0.15, -0.1) is 0 Å². The van der Waals surface area contributed by atoms with Crippen molar-refractivity contribution in [2.24, 2.45) is 5.41 Å². The molecule has 2 aromatic rings. The van der Waals surface area contributed by atoms with Gasteiger partial charge in [0, 0.05) is 19.3 Å². The second-order valence-electron chi connectivity index (χ2n) is 6.68. The lowest BCUT2D eigenvalue weighted by Gasteiger charge is -2.39. The van der Waals surface area contributed by atoms with Crippen LogP contribution in [0.5, 0.6) is 0 Å². The number of nitrogens with zero attached hydrogens (tertiary/aromatic N) is 3. The average Bonchev–Trinajstić information content (AvgIpc) is 2.62. The van der Waals surface area contributed by atoms with E-state index in [1.54, 1.807) is 6.07 Å². The number of hydrogen-bond donors (Lipinski definition) is 2.